The second-order valence-electron chi connectivity index (χ2n) is 4.49. The lowest BCUT2D eigenvalue weighted by atomic mass is 10.0. The number of ether oxygens (including phenoxy) is 2. The van der Waals surface area contributed by atoms with Crippen LogP contribution in [0.3, 0.4) is 0 Å². The Morgan fingerprint density at radius 3 is 2.80 bits per heavy atom. The quantitative estimate of drug-likeness (QED) is 0.463. The first-order valence-electron chi connectivity index (χ1n) is 6.20. The molecule has 0 radical (unpaired) electrons. The van der Waals surface area contributed by atoms with Gasteiger partial charge in [0.15, 0.2) is 0 Å². The fourth-order valence-corrected chi connectivity index (χ4v) is 1.47. The average Bonchev–Trinajstić information content (AvgIpc) is 2.39. The third-order valence-electron chi connectivity index (χ3n) is 2.66. The number of benzene rings is 1. The molecule has 0 fully saturated rings. The minimum absolute atomic E-state index is 0.0524. The SMILES string of the molecule is CCOC(=O)C(C)(N)CCOc1cccc([N+](=O)[O-])c1. The molecule has 1 aromatic rings. The molecule has 0 bridgehead atoms. The van der Waals surface area contributed by atoms with Gasteiger partial charge in [-0.2, -0.15) is 0 Å². The zero-order valence-corrected chi connectivity index (χ0v) is 11.5. The minimum Gasteiger partial charge on any atom is -0.493 e. The molecule has 0 aliphatic rings. The molecule has 20 heavy (non-hydrogen) atoms. The van der Waals surface area contributed by atoms with Crippen LogP contribution >= 0.6 is 0 Å². The summed E-state index contributed by atoms with van der Waals surface area (Å²) in [6, 6.07) is 5.82. The number of carbonyl (C=O) groups is 1. The summed E-state index contributed by atoms with van der Waals surface area (Å²) in [6.45, 7) is 3.68. The molecule has 0 aliphatic carbocycles. The fraction of sp³-hybridized carbons (Fsp3) is 0.462. The van der Waals surface area contributed by atoms with Crippen molar-refractivity contribution in [3.05, 3.63) is 34.4 Å². The molecule has 1 unspecified atom stereocenters. The van der Waals surface area contributed by atoms with Crippen molar-refractivity contribution in [2.45, 2.75) is 25.8 Å². The van der Waals surface area contributed by atoms with Crippen molar-refractivity contribution in [3.63, 3.8) is 0 Å². The summed E-state index contributed by atoms with van der Waals surface area (Å²) in [4.78, 5) is 21.7. The normalized spacial score (nSPS) is 13.3. The number of nitro groups is 1. The monoisotopic (exact) mass is 282 g/mol. The molecule has 0 spiro atoms. The molecule has 0 heterocycles. The highest BCUT2D eigenvalue weighted by Gasteiger charge is 2.29. The van der Waals surface area contributed by atoms with Crippen molar-refractivity contribution in [2.24, 2.45) is 5.73 Å². The molecular weight excluding hydrogens is 264 g/mol. The first kappa shape index (κ1) is 15.9. The van der Waals surface area contributed by atoms with E-state index in [-0.39, 0.29) is 25.3 Å². The molecule has 1 atom stereocenters. The highest BCUT2D eigenvalue weighted by molar-refractivity contribution is 5.79. The smallest absolute Gasteiger partial charge is 0.325 e. The van der Waals surface area contributed by atoms with Crippen LogP contribution in [0, 0.1) is 10.1 Å². The van der Waals surface area contributed by atoms with Gasteiger partial charge in [-0.05, 0) is 19.9 Å². The van der Waals surface area contributed by atoms with Gasteiger partial charge >= 0.3 is 5.97 Å². The van der Waals surface area contributed by atoms with Crippen LogP contribution < -0.4 is 10.5 Å². The Morgan fingerprint density at radius 1 is 1.50 bits per heavy atom. The molecule has 0 amide bonds. The number of carbonyl (C=O) groups excluding carboxylic acids is 1. The van der Waals surface area contributed by atoms with Gasteiger partial charge in [-0.3, -0.25) is 14.9 Å². The number of hydrogen-bond acceptors (Lipinski definition) is 6. The van der Waals surface area contributed by atoms with Crippen molar-refractivity contribution in [2.75, 3.05) is 13.2 Å². The largest absolute Gasteiger partial charge is 0.493 e. The Balaban J connectivity index is 2.54. The second-order valence-corrected chi connectivity index (χ2v) is 4.49. The van der Waals surface area contributed by atoms with Crippen LogP contribution in [0.5, 0.6) is 5.75 Å². The lowest BCUT2D eigenvalue weighted by Gasteiger charge is -2.22. The van der Waals surface area contributed by atoms with E-state index in [9.17, 15) is 14.9 Å². The summed E-state index contributed by atoms with van der Waals surface area (Å²) in [5.41, 5.74) is 4.63. The van der Waals surface area contributed by atoms with Gasteiger partial charge in [0.05, 0.1) is 24.2 Å². The van der Waals surface area contributed by atoms with Gasteiger partial charge < -0.3 is 15.2 Å². The van der Waals surface area contributed by atoms with Gasteiger partial charge in [-0.1, -0.05) is 6.07 Å². The number of hydrogen-bond donors (Lipinski definition) is 1. The number of nitrogens with zero attached hydrogens (tertiary/aromatic N) is 1. The van der Waals surface area contributed by atoms with Crippen LogP contribution in [-0.2, 0) is 9.53 Å². The lowest BCUT2D eigenvalue weighted by molar-refractivity contribution is -0.384. The van der Waals surface area contributed by atoms with Crippen LogP contribution in [0.2, 0.25) is 0 Å². The molecule has 1 rings (SSSR count). The van der Waals surface area contributed by atoms with E-state index in [1.54, 1.807) is 19.9 Å². The average molecular weight is 282 g/mol. The van der Waals surface area contributed by atoms with E-state index in [2.05, 4.69) is 0 Å². The first-order chi connectivity index (χ1) is 9.36. The maximum atomic E-state index is 11.6. The molecule has 110 valence electrons. The van der Waals surface area contributed by atoms with E-state index >= 15 is 0 Å². The van der Waals surface area contributed by atoms with Crippen molar-refractivity contribution < 1.29 is 19.2 Å². The Hall–Kier alpha value is -2.15. The molecular formula is C13H18N2O5. The minimum atomic E-state index is -1.14. The van der Waals surface area contributed by atoms with Gasteiger partial charge in [-0.15, -0.1) is 0 Å². The molecule has 7 nitrogen and oxygen atoms in total. The predicted molar refractivity (Wildman–Crippen MR) is 72.4 cm³/mol. The van der Waals surface area contributed by atoms with Crippen molar-refractivity contribution in [1.29, 1.82) is 0 Å². The highest BCUT2D eigenvalue weighted by atomic mass is 16.6. The van der Waals surface area contributed by atoms with E-state index in [0.717, 1.165) is 0 Å². The van der Waals surface area contributed by atoms with E-state index in [1.165, 1.54) is 18.2 Å². The Bertz CT molecular complexity index is 487. The van der Waals surface area contributed by atoms with Crippen molar-refractivity contribution in [3.8, 4) is 5.75 Å². The molecule has 2 N–H and O–H groups in total. The maximum absolute atomic E-state index is 11.6. The van der Waals surface area contributed by atoms with Crippen LogP contribution in [0.15, 0.2) is 24.3 Å². The zero-order chi connectivity index (χ0) is 15.2. The Morgan fingerprint density at radius 2 is 2.20 bits per heavy atom. The number of esters is 1. The summed E-state index contributed by atoms with van der Waals surface area (Å²) >= 11 is 0. The van der Waals surface area contributed by atoms with Crippen molar-refractivity contribution >= 4 is 11.7 Å². The third-order valence-corrected chi connectivity index (χ3v) is 2.66. The summed E-state index contributed by atoms with van der Waals surface area (Å²) in [6.07, 6.45) is 0.245. The fourth-order valence-electron chi connectivity index (χ4n) is 1.47. The molecule has 0 aromatic heterocycles. The summed E-state index contributed by atoms with van der Waals surface area (Å²) in [5, 5.41) is 10.6. The lowest BCUT2D eigenvalue weighted by Crippen LogP contribution is -2.47. The number of non-ortho nitro benzene ring substituents is 1. The van der Waals surface area contributed by atoms with E-state index in [1.807, 2.05) is 0 Å². The first-order valence-corrected chi connectivity index (χ1v) is 6.20. The topological polar surface area (TPSA) is 105 Å². The predicted octanol–water partition coefficient (Wildman–Crippen LogP) is 1.64. The second kappa shape index (κ2) is 6.85. The zero-order valence-electron chi connectivity index (χ0n) is 11.5. The molecule has 7 heteroatoms. The van der Waals surface area contributed by atoms with Gasteiger partial charge in [0.1, 0.15) is 11.3 Å². The van der Waals surface area contributed by atoms with Gasteiger partial charge in [0, 0.05) is 12.5 Å². The summed E-state index contributed by atoms with van der Waals surface area (Å²) in [7, 11) is 0. The van der Waals surface area contributed by atoms with E-state index in [0.29, 0.717) is 5.75 Å². The number of nitro benzene ring substituents is 1. The van der Waals surface area contributed by atoms with Crippen LogP contribution in [-0.4, -0.2) is 29.6 Å². The van der Waals surface area contributed by atoms with E-state index < -0.39 is 16.4 Å². The highest BCUT2D eigenvalue weighted by Crippen LogP contribution is 2.20. The van der Waals surface area contributed by atoms with E-state index in [4.69, 9.17) is 15.2 Å². The van der Waals surface area contributed by atoms with Gasteiger partial charge in [-0.25, -0.2) is 0 Å². The maximum Gasteiger partial charge on any atom is 0.325 e. The molecule has 0 saturated heterocycles. The number of rotatable bonds is 7. The Labute approximate surface area is 116 Å². The van der Waals surface area contributed by atoms with Crippen molar-refractivity contribution in [1.82, 2.24) is 0 Å². The molecule has 0 saturated carbocycles. The van der Waals surface area contributed by atoms with Crippen LogP contribution in [0.1, 0.15) is 20.3 Å². The molecule has 0 aliphatic heterocycles. The third kappa shape index (κ3) is 4.51. The molecule has 1 aromatic carbocycles. The Kier molecular flexibility index (Phi) is 5.45. The van der Waals surface area contributed by atoms with Crippen LogP contribution in [0.4, 0.5) is 5.69 Å². The summed E-state index contributed by atoms with van der Waals surface area (Å²) < 4.78 is 10.2. The van der Waals surface area contributed by atoms with Crippen LogP contribution in [0.25, 0.3) is 0 Å². The number of nitrogens with two attached hydrogens (primary N) is 1. The standard InChI is InChI=1S/C13H18N2O5/c1-3-19-12(16)13(2,14)7-8-20-11-6-4-5-10(9-11)15(17)18/h4-6,9H,3,7-8,14H2,1-2H3. The van der Waals surface area contributed by atoms with Gasteiger partial charge in [0.25, 0.3) is 5.69 Å². The van der Waals surface area contributed by atoms with Gasteiger partial charge in [0.2, 0.25) is 0 Å². The summed E-state index contributed by atoms with van der Waals surface area (Å²) in [5.74, 6) is -0.137.